The zero-order chi connectivity index (χ0) is 20.2. The van der Waals surface area contributed by atoms with Gasteiger partial charge in [0.25, 0.3) is 0 Å². The van der Waals surface area contributed by atoms with Gasteiger partial charge in [-0.15, -0.1) is 0 Å². The first-order chi connectivity index (χ1) is 13.2. The standard InChI is InChI=1S/C27H32Si/c1-17-16-25-23(22-12-9-8-10-13-22)14-11-15-24(25)26(17)28(6,7)27-20(4)18(2)19(3)21(27)5/h8-16,20,26H,1-7H3. The molecule has 144 valence electrons. The van der Waals surface area contributed by atoms with Crippen LogP contribution in [0.2, 0.25) is 13.1 Å². The molecule has 28 heavy (non-hydrogen) atoms. The molecule has 2 aromatic carbocycles. The van der Waals surface area contributed by atoms with Crippen LogP contribution in [0.1, 0.15) is 51.3 Å². The van der Waals surface area contributed by atoms with Crippen molar-refractivity contribution in [1.29, 1.82) is 0 Å². The fourth-order valence-corrected chi connectivity index (χ4v) is 11.0. The van der Waals surface area contributed by atoms with Gasteiger partial charge in [-0.2, -0.15) is 0 Å². The molecule has 0 saturated carbocycles. The van der Waals surface area contributed by atoms with Gasteiger partial charge in [-0.25, -0.2) is 0 Å². The van der Waals surface area contributed by atoms with Crippen LogP contribution >= 0.6 is 0 Å². The van der Waals surface area contributed by atoms with Crippen molar-refractivity contribution in [3.63, 3.8) is 0 Å². The molecule has 0 nitrogen and oxygen atoms in total. The summed E-state index contributed by atoms with van der Waals surface area (Å²) in [5, 5.41) is 1.76. The molecule has 1 heteroatoms. The van der Waals surface area contributed by atoms with E-state index in [1.54, 1.807) is 27.5 Å². The minimum absolute atomic E-state index is 0.567. The van der Waals surface area contributed by atoms with Crippen LogP contribution in [0.3, 0.4) is 0 Å². The predicted octanol–water partition coefficient (Wildman–Crippen LogP) is 7.94. The van der Waals surface area contributed by atoms with Gasteiger partial charge >= 0.3 is 0 Å². The molecule has 0 amide bonds. The third kappa shape index (κ3) is 2.71. The molecular formula is C27H32Si. The molecule has 0 heterocycles. The first-order valence-corrected chi connectivity index (χ1v) is 13.6. The summed E-state index contributed by atoms with van der Waals surface area (Å²) in [6, 6.07) is 17.8. The summed E-state index contributed by atoms with van der Waals surface area (Å²) in [5.74, 6) is 0.593. The summed E-state index contributed by atoms with van der Waals surface area (Å²) in [6.07, 6.45) is 2.47. The van der Waals surface area contributed by atoms with Crippen molar-refractivity contribution in [2.24, 2.45) is 5.92 Å². The molecule has 0 aliphatic heterocycles. The predicted molar refractivity (Wildman–Crippen MR) is 126 cm³/mol. The van der Waals surface area contributed by atoms with Crippen LogP contribution in [0.4, 0.5) is 0 Å². The number of rotatable bonds is 3. The summed E-state index contributed by atoms with van der Waals surface area (Å²) in [7, 11) is -1.72. The Balaban J connectivity index is 1.85. The second kappa shape index (κ2) is 6.74. The van der Waals surface area contributed by atoms with E-state index in [0.717, 1.165) is 0 Å². The van der Waals surface area contributed by atoms with Crippen molar-refractivity contribution in [3.05, 3.63) is 87.1 Å². The first kappa shape index (κ1) is 19.2. The van der Waals surface area contributed by atoms with Crippen molar-refractivity contribution in [3.8, 4) is 11.1 Å². The SMILES string of the molecule is CC1=Cc2c(-c3ccccc3)cccc2C1[Si](C)(C)C1=C(C)C(C)=C(C)C1C. The fourth-order valence-electron chi connectivity index (χ4n) is 5.94. The lowest BCUT2D eigenvalue weighted by molar-refractivity contribution is 0.839. The van der Waals surface area contributed by atoms with Gasteiger partial charge in [0.15, 0.2) is 0 Å². The van der Waals surface area contributed by atoms with E-state index in [9.17, 15) is 0 Å². The van der Waals surface area contributed by atoms with Gasteiger partial charge in [-0.3, -0.25) is 0 Å². The van der Waals surface area contributed by atoms with Crippen molar-refractivity contribution in [2.45, 2.75) is 53.3 Å². The zero-order valence-corrected chi connectivity index (χ0v) is 19.4. The zero-order valence-electron chi connectivity index (χ0n) is 18.4. The van der Waals surface area contributed by atoms with Crippen LogP contribution < -0.4 is 0 Å². The summed E-state index contributed by atoms with van der Waals surface area (Å²) < 4.78 is 0. The van der Waals surface area contributed by atoms with E-state index < -0.39 is 8.07 Å². The second-order valence-corrected chi connectivity index (χ2v) is 13.8. The van der Waals surface area contributed by atoms with Crippen LogP contribution in [-0.4, -0.2) is 8.07 Å². The number of hydrogen-bond acceptors (Lipinski definition) is 0. The van der Waals surface area contributed by atoms with Crippen LogP contribution in [0.5, 0.6) is 0 Å². The summed E-state index contributed by atoms with van der Waals surface area (Å²) in [4.78, 5) is 0. The maximum atomic E-state index is 2.60. The normalized spacial score (nSPS) is 22.0. The highest BCUT2D eigenvalue weighted by Gasteiger charge is 2.45. The van der Waals surface area contributed by atoms with Gasteiger partial charge in [0.2, 0.25) is 0 Å². The van der Waals surface area contributed by atoms with Gasteiger partial charge in [0.05, 0.1) is 8.07 Å². The Hall–Kier alpha value is -2.12. The highest BCUT2D eigenvalue weighted by molar-refractivity contribution is 6.86. The van der Waals surface area contributed by atoms with Crippen molar-refractivity contribution >= 4 is 14.1 Å². The smallest absolute Gasteiger partial charge is 0.0701 e. The van der Waals surface area contributed by atoms with Gasteiger partial charge < -0.3 is 0 Å². The maximum Gasteiger partial charge on any atom is 0.0883 e. The second-order valence-electron chi connectivity index (χ2n) is 9.29. The molecule has 4 rings (SSSR count). The van der Waals surface area contributed by atoms with E-state index in [1.165, 1.54) is 22.3 Å². The first-order valence-electron chi connectivity index (χ1n) is 10.5. The average Bonchev–Trinajstić information content (AvgIpc) is 3.12. The molecule has 0 spiro atoms. The van der Waals surface area contributed by atoms with Crippen LogP contribution in [0, 0.1) is 5.92 Å². The Labute approximate surface area is 171 Å². The van der Waals surface area contributed by atoms with Gasteiger partial charge in [-0.1, -0.05) is 96.5 Å². The van der Waals surface area contributed by atoms with Gasteiger partial charge in [0.1, 0.15) is 0 Å². The topological polar surface area (TPSA) is 0 Å². The minimum atomic E-state index is -1.72. The lowest BCUT2D eigenvalue weighted by Crippen LogP contribution is -2.40. The number of fused-ring (bicyclic) bond motifs is 1. The Morgan fingerprint density at radius 2 is 1.46 bits per heavy atom. The summed E-state index contributed by atoms with van der Waals surface area (Å²) in [6.45, 7) is 17.0. The molecule has 2 aromatic rings. The van der Waals surface area contributed by atoms with E-state index in [2.05, 4.69) is 102 Å². The van der Waals surface area contributed by atoms with E-state index in [1.807, 2.05) is 0 Å². The molecule has 0 aromatic heterocycles. The van der Waals surface area contributed by atoms with Crippen molar-refractivity contribution < 1.29 is 0 Å². The van der Waals surface area contributed by atoms with Crippen LogP contribution in [-0.2, 0) is 0 Å². The molecule has 2 aliphatic rings. The molecule has 0 radical (unpaired) electrons. The third-order valence-electron chi connectivity index (χ3n) is 7.42. The van der Waals surface area contributed by atoms with Gasteiger partial charge in [0, 0.05) is 5.54 Å². The molecule has 0 bridgehead atoms. The third-order valence-corrected chi connectivity index (χ3v) is 11.8. The summed E-state index contributed by atoms with van der Waals surface area (Å²) >= 11 is 0. The molecule has 0 N–H and O–H groups in total. The number of allylic oxidation sites excluding steroid dienone is 5. The minimum Gasteiger partial charge on any atom is -0.0701 e. The largest absolute Gasteiger partial charge is 0.0883 e. The quantitative estimate of drug-likeness (QED) is 0.471. The fraction of sp³-hybridized carbons (Fsp3) is 0.333. The molecule has 2 unspecified atom stereocenters. The van der Waals surface area contributed by atoms with Gasteiger partial charge in [-0.05, 0) is 61.4 Å². The molecule has 2 atom stereocenters. The summed E-state index contributed by atoms with van der Waals surface area (Å²) in [5.41, 5.74) is 12.5. The van der Waals surface area contributed by atoms with E-state index in [4.69, 9.17) is 0 Å². The Kier molecular flexibility index (Phi) is 4.62. The van der Waals surface area contributed by atoms with Crippen LogP contribution in [0.15, 0.2) is 76.0 Å². The van der Waals surface area contributed by atoms with E-state index >= 15 is 0 Å². The Morgan fingerprint density at radius 1 is 0.786 bits per heavy atom. The average molecular weight is 385 g/mol. The Bertz CT molecular complexity index is 1030. The molecular weight excluding hydrogens is 352 g/mol. The molecule has 0 saturated heterocycles. The maximum absolute atomic E-state index is 2.60. The van der Waals surface area contributed by atoms with E-state index in [-0.39, 0.29) is 0 Å². The molecule has 2 aliphatic carbocycles. The lowest BCUT2D eigenvalue weighted by atomic mass is 9.97. The lowest BCUT2D eigenvalue weighted by Gasteiger charge is -2.37. The molecule has 0 fully saturated rings. The highest BCUT2D eigenvalue weighted by Crippen LogP contribution is 2.51. The number of hydrogen-bond donors (Lipinski definition) is 0. The van der Waals surface area contributed by atoms with E-state index in [0.29, 0.717) is 11.5 Å². The Morgan fingerprint density at radius 3 is 2.07 bits per heavy atom. The van der Waals surface area contributed by atoms with Crippen LogP contribution in [0.25, 0.3) is 17.2 Å². The van der Waals surface area contributed by atoms with Crippen molar-refractivity contribution in [1.82, 2.24) is 0 Å². The van der Waals surface area contributed by atoms with Crippen molar-refractivity contribution in [2.75, 3.05) is 0 Å². The monoisotopic (exact) mass is 384 g/mol. The highest BCUT2D eigenvalue weighted by atomic mass is 28.3. The number of benzene rings is 2.